The molecular formula is C17H15NO3S. The molecule has 0 fully saturated rings. The summed E-state index contributed by atoms with van der Waals surface area (Å²) < 4.78 is 5.23. The molecule has 5 heteroatoms. The van der Waals surface area contributed by atoms with Crippen LogP contribution in [0.1, 0.15) is 0 Å². The number of nitrogens with one attached hydrogen (secondary N) is 1. The van der Waals surface area contributed by atoms with Gasteiger partial charge < -0.3 is 14.8 Å². The number of rotatable bonds is 5. The quantitative estimate of drug-likeness (QED) is 0.698. The van der Waals surface area contributed by atoms with E-state index in [0.717, 1.165) is 32.7 Å². The minimum absolute atomic E-state index is 0.0643. The van der Waals surface area contributed by atoms with Crippen molar-refractivity contribution in [2.24, 2.45) is 0 Å². The first-order valence-electron chi connectivity index (χ1n) is 6.77. The third-order valence-corrected chi connectivity index (χ3v) is 4.34. The minimum atomic E-state index is -0.813. The molecule has 0 radical (unpaired) electrons. The largest absolute Gasteiger partial charge is 0.497 e. The third kappa shape index (κ3) is 3.09. The van der Waals surface area contributed by atoms with Crippen LogP contribution in [-0.4, -0.2) is 28.9 Å². The van der Waals surface area contributed by atoms with E-state index in [4.69, 9.17) is 9.84 Å². The normalized spacial score (nSPS) is 10.8. The zero-order valence-corrected chi connectivity index (χ0v) is 12.8. The van der Waals surface area contributed by atoms with E-state index in [1.165, 1.54) is 11.8 Å². The van der Waals surface area contributed by atoms with Crippen molar-refractivity contribution >= 4 is 28.5 Å². The van der Waals surface area contributed by atoms with Crippen molar-refractivity contribution in [1.29, 1.82) is 0 Å². The Bertz CT molecular complexity index is 826. The minimum Gasteiger partial charge on any atom is -0.497 e. The van der Waals surface area contributed by atoms with Gasteiger partial charge in [0.15, 0.2) is 0 Å². The van der Waals surface area contributed by atoms with Crippen LogP contribution in [0.4, 0.5) is 0 Å². The number of ether oxygens (including phenoxy) is 1. The van der Waals surface area contributed by atoms with Crippen LogP contribution in [0.2, 0.25) is 0 Å². The number of fused-ring (bicyclic) bond motifs is 1. The van der Waals surface area contributed by atoms with Crippen LogP contribution in [0.15, 0.2) is 53.6 Å². The summed E-state index contributed by atoms with van der Waals surface area (Å²) in [5, 5.41) is 11.0. The van der Waals surface area contributed by atoms with E-state index in [2.05, 4.69) is 17.1 Å². The number of aliphatic carboxylic acids is 1. The lowest BCUT2D eigenvalue weighted by Crippen LogP contribution is -1.96. The van der Waals surface area contributed by atoms with Gasteiger partial charge in [-0.05, 0) is 40.6 Å². The first-order chi connectivity index (χ1) is 10.7. The fourth-order valence-electron chi connectivity index (χ4n) is 2.29. The van der Waals surface area contributed by atoms with Gasteiger partial charge in [-0.3, -0.25) is 4.79 Å². The van der Waals surface area contributed by atoms with Gasteiger partial charge >= 0.3 is 5.97 Å². The molecule has 3 rings (SSSR count). The van der Waals surface area contributed by atoms with Gasteiger partial charge in [0.05, 0.1) is 12.9 Å². The second-order valence-electron chi connectivity index (χ2n) is 4.86. The van der Waals surface area contributed by atoms with Crippen LogP contribution in [0.5, 0.6) is 5.75 Å². The molecule has 0 saturated heterocycles. The molecule has 112 valence electrons. The van der Waals surface area contributed by atoms with Gasteiger partial charge in [0.1, 0.15) is 5.75 Å². The van der Waals surface area contributed by atoms with Crippen LogP contribution in [-0.2, 0) is 4.79 Å². The van der Waals surface area contributed by atoms with Crippen LogP contribution in [0.3, 0.4) is 0 Å². The van der Waals surface area contributed by atoms with E-state index in [1.807, 2.05) is 36.5 Å². The highest BCUT2D eigenvalue weighted by atomic mass is 32.2. The lowest BCUT2D eigenvalue weighted by molar-refractivity contribution is -0.133. The molecule has 0 aliphatic carbocycles. The molecule has 22 heavy (non-hydrogen) atoms. The average molecular weight is 313 g/mol. The fraction of sp³-hybridized carbons (Fsp3) is 0.118. The van der Waals surface area contributed by atoms with E-state index in [9.17, 15) is 4.79 Å². The van der Waals surface area contributed by atoms with Gasteiger partial charge in [-0.15, -0.1) is 11.8 Å². The Morgan fingerprint density at radius 3 is 2.73 bits per heavy atom. The summed E-state index contributed by atoms with van der Waals surface area (Å²) in [6, 6.07) is 14.1. The second kappa shape index (κ2) is 6.15. The molecule has 2 aromatic carbocycles. The summed E-state index contributed by atoms with van der Waals surface area (Å²) >= 11 is 1.31. The van der Waals surface area contributed by atoms with Crippen LogP contribution >= 0.6 is 11.8 Å². The molecule has 0 saturated carbocycles. The number of H-pyrrole nitrogens is 1. The van der Waals surface area contributed by atoms with Crippen molar-refractivity contribution < 1.29 is 14.6 Å². The zero-order chi connectivity index (χ0) is 15.5. The highest BCUT2D eigenvalue weighted by Crippen LogP contribution is 2.29. The lowest BCUT2D eigenvalue weighted by atomic mass is 10.0. The van der Waals surface area contributed by atoms with Crippen LogP contribution in [0.25, 0.3) is 22.0 Å². The number of carbonyl (C=O) groups is 1. The van der Waals surface area contributed by atoms with Crippen LogP contribution < -0.4 is 4.74 Å². The van der Waals surface area contributed by atoms with E-state index in [-0.39, 0.29) is 5.75 Å². The maximum absolute atomic E-state index is 10.6. The molecule has 0 spiro atoms. The van der Waals surface area contributed by atoms with E-state index in [0.29, 0.717) is 0 Å². The number of aromatic amines is 1. The Morgan fingerprint density at radius 2 is 1.95 bits per heavy atom. The van der Waals surface area contributed by atoms with Gasteiger partial charge in [0.2, 0.25) is 0 Å². The molecule has 2 N–H and O–H groups in total. The molecule has 0 aliphatic heterocycles. The van der Waals surface area contributed by atoms with Crippen molar-refractivity contribution in [3.8, 4) is 17.0 Å². The number of methoxy groups -OCH3 is 1. The topological polar surface area (TPSA) is 62.3 Å². The molecule has 3 aromatic rings. The number of hydrogen-bond donors (Lipinski definition) is 2. The number of carboxylic acids is 1. The second-order valence-corrected chi connectivity index (χ2v) is 5.91. The van der Waals surface area contributed by atoms with Crippen LogP contribution in [0, 0.1) is 0 Å². The Labute approximate surface area is 132 Å². The number of aromatic nitrogens is 1. The van der Waals surface area contributed by atoms with Crippen molar-refractivity contribution in [3.05, 3.63) is 48.7 Å². The standard InChI is InChI=1S/C17H15NO3S/c1-21-14-5-4-11-6-13(3-2-12(11)7-14)16-8-15(9-18-16)22-10-17(19)20/h2-9,18H,10H2,1H3,(H,19,20). The predicted molar refractivity (Wildman–Crippen MR) is 88.6 cm³/mol. The number of thioether (sulfide) groups is 1. The summed E-state index contributed by atoms with van der Waals surface area (Å²) in [5.41, 5.74) is 2.05. The van der Waals surface area contributed by atoms with Crippen molar-refractivity contribution in [2.45, 2.75) is 4.90 Å². The molecular weight excluding hydrogens is 298 g/mol. The molecule has 4 nitrogen and oxygen atoms in total. The van der Waals surface area contributed by atoms with E-state index < -0.39 is 5.97 Å². The lowest BCUT2D eigenvalue weighted by Gasteiger charge is -2.04. The highest BCUT2D eigenvalue weighted by Gasteiger charge is 2.06. The van der Waals surface area contributed by atoms with Gasteiger partial charge in [0.25, 0.3) is 0 Å². The average Bonchev–Trinajstić information content (AvgIpc) is 3.01. The van der Waals surface area contributed by atoms with Crippen molar-refractivity contribution in [2.75, 3.05) is 12.9 Å². The summed E-state index contributed by atoms with van der Waals surface area (Å²) in [6.07, 6.45) is 1.83. The molecule has 1 aromatic heterocycles. The molecule has 0 amide bonds. The first-order valence-corrected chi connectivity index (χ1v) is 7.75. The van der Waals surface area contributed by atoms with Crippen molar-refractivity contribution in [1.82, 2.24) is 4.98 Å². The van der Waals surface area contributed by atoms with Gasteiger partial charge in [-0.1, -0.05) is 18.2 Å². The SMILES string of the molecule is COc1ccc2cc(-c3cc(SCC(=O)O)c[nH]3)ccc2c1. The Balaban J connectivity index is 1.88. The fourth-order valence-corrected chi connectivity index (χ4v) is 2.92. The highest BCUT2D eigenvalue weighted by molar-refractivity contribution is 8.00. The third-order valence-electron chi connectivity index (χ3n) is 3.38. The number of benzene rings is 2. The van der Waals surface area contributed by atoms with Gasteiger partial charge in [-0.2, -0.15) is 0 Å². The predicted octanol–water partition coefficient (Wildman–Crippen LogP) is 4.02. The summed E-state index contributed by atoms with van der Waals surface area (Å²) in [5.74, 6) is 0.0920. The molecule has 0 bridgehead atoms. The smallest absolute Gasteiger partial charge is 0.313 e. The summed E-state index contributed by atoms with van der Waals surface area (Å²) in [4.78, 5) is 14.7. The monoisotopic (exact) mass is 313 g/mol. The molecule has 0 aliphatic rings. The summed E-state index contributed by atoms with van der Waals surface area (Å²) in [6.45, 7) is 0. The zero-order valence-electron chi connectivity index (χ0n) is 12.0. The number of carboxylic acid groups (broad SMARTS) is 1. The Kier molecular flexibility index (Phi) is 4.06. The van der Waals surface area contributed by atoms with E-state index in [1.54, 1.807) is 7.11 Å². The first kappa shape index (κ1) is 14.5. The number of hydrogen-bond acceptors (Lipinski definition) is 3. The van der Waals surface area contributed by atoms with Crippen molar-refractivity contribution in [3.63, 3.8) is 0 Å². The Hall–Kier alpha value is -2.40. The van der Waals surface area contributed by atoms with Gasteiger partial charge in [0, 0.05) is 16.8 Å². The summed E-state index contributed by atoms with van der Waals surface area (Å²) in [7, 11) is 1.66. The van der Waals surface area contributed by atoms with Gasteiger partial charge in [-0.25, -0.2) is 0 Å². The molecule has 1 heterocycles. The van der Waals surface area contributed by atoms with E-state index >= 15 is 0 Å². The Morgan fingerprint density at radius 1 is 1.18 bits per heavy atom. The molecule has 0 atom stereocenters. The molecule has 0 unspecified atom stereocenters. The maximum atomic E-state index is 10.6. The maximum Gasteiger partial charge on any atom is 0.313 e.